The lowest BCUT2D eigenvalue weighted by molar-refractivity contribution is -0.143. The summed E-state index contributed by atoms with van der Waals surface area (Å²) in [5.74, 6) is -3.63. The monoisotopic (exact) mass is 182 g/mol. The second-order valence-electron chi connectivity index (χ2n) is 2.41. The molecule has 1 N–H and O–H groups in total. The summed E-state index contributed by atoms with van der Waals surface area (Å²) in [4.78, 5) is 10.4. The summed E-state index contributed by atoms with van der Waals surface area (Å²) < 4.78 is 29.3. The van der Waals surface area contributed by atoms with E-state index in [1.54, 1.807) is 0 Å². The van der Waals surface area contributed by atoms with Crippen LogP contribution in [0.4, 0.5) is 8.78 Å². The van der Waals surface area contributed by atoms with Crippen molar-refractivity contribution in [1.29, 1.82) is 0 Å². The number of aliphatic hydroxyl groups is 1. The number of carbonyl (C=O) groups is 1. The molecule has 0 atom stereocenters. The van der Waals surface area contributed by atoms with Crippen LogP contribution in [0.5, 0.6) is 0 Å². The van der Waals surface area contributed by atoms with Gasteiger partial charge in [-0.3, -0.25) is 4.79 Å². The van der Waals surface area contributed by atoms with Crippen molar-refractivity contribution >= 4 is 5.97 Å². The molecule has 0 aliphatic carbocycles. The van der Waals surface area contributed by atoms with Crippen molar-refractivity contribution < 1.29 is 23.4 Å². The Labute approximate surface area is 69.3 Å². The lowest BCUT2D eigenvalue weighted by atomic mass is 10.1. The molecular weight excluding hydrogens is 170 g/mol. The maximum absolute atomic E-state index is 12.6. The molecule has 0 spiro atoms. The van der Waals surface area contributed by atoms with Crippen LogP contribution < -0.4 is 0 Å². The van der Waals surface area contributed by atoms with Gasteiger partial charge in [0.05, 0.1) is 13.5 Å². The predicted molar refractivity (Wildman–Crippen MR) is 37.9 cm³/mol. The van der Waals surface area contributed by atoms with Gasteiger partial charge in [0.15, 0.2) is 0 Å². The minimum atomic E-state index is -2.97. The normalized spacial score (nSPS) is 11.3. The Bertz CT molecular complexity index is 148. The molecule has 5 heteroatoms. The first-order chi connectivity index (χ1) is 5.52. The third-order valence-electron chi connectivity index (χ3n) is 1.40. The zero-order valence-electron chi connectivity index (χ0n) is 6.85. The fourth-order valence-corrected chi connectivity index (χ4v) is 0.676. The summed E-state index contributed by atoms with van der Waals surface area (Å²) in [7, 11) is 1.15. The number of aliphatic hydroxyl groups excluding tert-OH is 1. The van der Waals surface area contributed by atoms with E-state index in [0.29, 0.717) is 0 Å². The molecule has 0 rings (SSSR count). The third-order valence-corrected chi connectivity index (χ3v) is 1.40. The van der Waals surface area contributed by atoms with E-state index in [9.17, 15) is 13.6 Å². The van der Waals surface area contributed by atoms with Crippen LogP contribution in [-0.4, -0.2) is 30.7 Å². The molecular formula is C7H12F2O3. The molecule has 0 aromatic carbocycles. The highest BCUT2D eigenvalue weighted by molar-refractivity contribution is 5.69. The Hall–Kier alpha value is -0.710. The van der Waals surface area contributed by atoms with E-state index in [4.69, 9.17) is 5.11 Å². The SMILES string of the molecule is COC(=O)CCC(F)(F)CCO. The van der Waals surface area contributed by atoms with Gasteiger partial charge in [-0.2, -0.15) is 0 Å². The van der Waals surface area contributed by atoms with E-state index < -0.39 is 31.3 Å². The van der Waals surface area contributed by atoms with Gasteiger partial charge in [0.2, 0.25) is 0 Å². The fraction of sp³-hybridized carbons (Fsp3) is 0.857. The number of halogens is 2. The maximum Gasteiger partial charge on any atom is 0.305 e. The Morgan fingerprint density at radius 1 is 1.50 bits per heavy atom. The zero-order chi connectivity index (χ0) is 9.61. The molecule has 0 radical (unpaired) electrons. The minimum absolute atomic E-state index is 0.316. The molecule has 0 aromatic rings. The van der Waals surface area contributed by atoms with E-state index >= 15 is 0 Å². The average molecular weight is 182 g/mol. The number of ether oxygens (including phenoxy) is 1. The van der Waals surface area contributed by atoms with E-state index in [1.165, 1.54) is 0 Å². The number of esters is 1. The fourth-order valence-electron chi connectivity index (χ4n) is 0.676. The Kier molecular flexibility index (Phi) is 4.73. The molecule has 0 aliphatic heterocycles. The second-order valence-corrected chi connectivity index (χ2v) is 2.41. The largest absolute Gasteiger partial charge is 0.469 e. The van der Waals surface area contributed by atoms with Crippen LogP contribution >= 0.6 is 0 Å². The molecule has 0 amide bonds. The average Bonchev–Trinajstić information content (AvgIpc) is 2.00. The van der Waals surface area contributed by atoms with Gasteiger partial charge in [0.25, 0.3) is 5.92 Å². The van der Waals surface area contributed by atoms with Gasteiger partial charge in [-0.25, -0.2) is 8.78 Å². The predicted octanol–water partition coefficient (Wildman–Crippen LogP) is 0.957. The molecule has 0 heterocycles. The smallest absolute Gasteiger partial charge is 0.305 e. The summed E-state index contributed by atoms with van der Waals surface area (Å²) in [6.07, 6.45) is -1.49. The van der Waals surface area contributed by atoms with Crippen molar-refractivity contribution in [2.45, 2.75) is 25.2 Å². The molecule has 72 valence electrons. The standard InChI is InChI=1S/C7H12F2O3/c1-12-6(11)2-3-7(8,9)4-5-10/h10H,2-5H2,1H3. The van der Waals surface area contributed by atoms with Crippen molar-refractivity contribution in [2.24, 2.45) is 0 Å². The summed E-state index contributed by atoms with van der Waals surface area (Å²) in [5, 5.41) is 8.23. The van der Waals surface area contributed by atoms with Gasteiger partial charge in [-0.1, -0.05) is 0 Å². The van der Waals surface area contributed by atoms with Gasteiger partial charge < -0.3 is 9.84 Å². The first-order valence-electron chi connectivity index (χ1n) is 3.57. The van der Waals surface area contributed by atoms with Gasteiger partial charge in [0.1, 0.15) is 0 Å². The molecule has 12 heavy (non-hydrogen) atoms. The van der Waals surface area contributed by atoms with Crippen molar-refractivity contribution in [2.75, 3.05) is 13.7 Å². The molecule has 0 bridgehead atoms. The first kappa shape index (κ1) is 11.3. The third kappa shape index (κ3) is 5.01. The quantitative estimate of drug-likeness (QED) is 0.644. The Morgan fingerprint density at radius 3 is 2.50 bits per heavy atom. The van der Waals surface area contributed by atoms with Crippen molar-refractivity contribution in [3.05, 3.63) is 0 Å². The highest BCUT2D eigenvalue weighted by Gasteiger charge is 2.28. The summed E-state index contributed by atoms with van der Waals surface area (Å²) >= 11 is 0. The van der Waals surface area contributed by atoms with Crippen molar-refractivity contribution in [3.8, 4) is 0 Å². The van der Waals surface area contributed by atoms with E-state index in [1.807, 2.05) is 0 Å². The number of methoxy groups -OCH3 is 1. The summed E-state index contributed by atoms with van der Waals surface area (Å²) in [6.45, 7) is -0.575. The Balaban J connectivity index is 3.67. The Morgan fingerprint density at radius 2 is 2.08 bits per heavy atom. The molecule has 0 saturated heterocycles. The van der Waals surface area contributed by atoms with Gasteiger partial charge in [-0.05, 0) is 0 Å². The number of hydrogen-bond acceptors (Lipinski definition) is 3. The van der Waals surface area contributed by atoms with Crippen LogP contribution in [0.25, 0.3) is 0 Å². The van der Waals surface area contributed by atoms with Crippen molar-refractivity contribution in [1.82, 2.24) is 0 Å². The molecule has 0 saturated carbocycles. The van der Waals surface area contributed by atoms with Crippen LogP contribution in [0.1, 0.15) is 19.3 Å². The number of hydrogen-bond donors (Lipinski definition) is 1. The highest BCUT2D eigenvalue weighted by atomic mass is 19.3. The van der Waals surface area contributed by atoms with Crippen LogP contribution in [0.2, 0.25) is 0 Å². The van der Waals surface area contributed by atoms with Gasteiger partial charge >= 0.3 is 5.97 Å². The zero-order valence-corrected chi connectivity index (χ0v) is 6.85. The van der Waals surface area contributed by atoms with Crippen LogP contribution in [0, 0.1) is 0 Å². The summed E-state index contributed by atoms with van der Waals surface area (Å²) in [6, 6.07) is 0. The summed E-state index contributed by atoms with van der Waals surface area (Å²) in [5.41, 5.74) is 0. The molecule has 0 aliphatic rings. The first-order valence-corrected chi connectivity index (χ1v) is 3.57. The lowest BCUT2D eigenvalue weighted by Crippen LogP contribution is -2.19. The van der Waals surface area contributed by atoms with Crippen molar-refractivity contribution in [3.63, 3.8) is 0 Å². The lowest BCUT2D eigenvalue weighted by Gasteiger charge is -2.13. The van der Waals surface area contributed by atoms with Crippen LogP contribution in [-0.2, 0) is 9.53 Å². The van der Waals surface area contributed by atoms with E-state index in [2.05, 4.69) is 4.74 Å². The van der Waals surface area contributed by atoms with Crippen LogP contribution in [0.3, 0.4) is 0 Å². The molecule has 0 aromatic heterocycles. The minimum Gasteiger partial charge on any atom is -0.469 e. The van der Waals surface area contributed by atoms with E-state index in [-0.39, 0.29) is 6.42 Å². The van der Waals surface area contributed by atoms with Gasteiger partial charge in [0, 0.05) is 19.4 Å². The number of alkyl halides is 2. The van der Waals surface area contributed by atoms with Gasteiger partial charge in [-0.15, -0.1) is 0 Å². The highest BCUT2D eigenvalue weighted by Crippen LogP contribution is 2.23. The molecule has 3 nitrogen and oxygen atoms in total. The maximum atomic E-state index is 12.6. The second kappa shape index (κ2) is 5.03. The molecule has 0 fully saturated rings. The van der Waals surface area contributed by atoms with Crippen LogP contribution in [0.15, 0.2) is 0 Å². The number of carbonyl (C=O) groups excluding carboxylic acids is 1. The number of rotatable bonds is 5. The topological polar surface area (TPSA) is 46.5 Å². The van der Waals surface area contributed by atoms with E-state index in [0.717, 1.165) is 7.11 Å². The molecule has 0 unspecified atom stereocenters.